The number of fused-ring (bicyclic) bond motifs is 4. The van der Waals surface area contributed by atoms with Crippen molar-refractivity contribution in [3.05, 3.63) is 102 Å². The number of amides is 4. The van der Waals surface area contributed by atoms with E-state index in [1.54, 1.807) is 18.3 Å². The van der Waals surface area contributed by atoms with Crippen molar-refractivity contribution in [1.82, 2.24) is 34.7 Å². The molecule has 4 amide bonds. The third kappa shape index (κ3) is 7.40. The fourth-order valence-electron chi connectivity index (χ4n) is 8.57. The normalized spacial score (nSPS) is 20.3. The van der Waals surface area contributed by atoms with E-state index in [9.17, 15) is 19.2 Å². The summed E-state index contributed by atoms with van der Waals surface area (Å²) in [7, 11) is 2.08. The molecule has 1 unspecified atom stereocenters. The van der Waals surface area contributed by atoms with E-state index < -0.39 is 29.7 Å². The number of nitrogens with one attached hydrogen (secondary N) is 1. The molecule has 6 aromatic rings. The number of anilines is 1. The van der Waals surface area contributed by atoms with Crippen LogP contribution in [0.25, 0.3) is 32.9 Å². The molecule has 1 saturated carbocycles. The molecule has 15 nitrogen and oxygen atoms in total. The number of imide groups is 2. The molecule has 3 fully saturated rings. The van der Waals surface area contributed by atoms with Crippen LogP contribution in [0.3, 0.4) is 0 Å². The number of benzene rings is 2. The van der Waals surface area contributed by atoms with Crippen LogP contribution in [-0.4, -0.2) is 97.1 Å². The Labute approximate surface area is 350 Å². The summed E-state index contributed by atoms with van der Waals surface area (Å²) in [6, 6.07) is 17.8. The van der Waals surface area contributed by atoms with E-state index >= 15 is 0 Å². The summed E-state index contributed by atoms with van der Waals surface area (Å²) < 4.78 is 20.6. The Kier molecular flexibility index (Phi) is 9.84. The van der Waals surface area contributed by atoms with Gasteiger partial charge in [-0.25, -0.2) is 15.0 Å². The van der Waals surface area contributed by atoms with Crippen LogP contribution in [-0.2, 0) is 21.4 Å². The SMILES string of the molecule is Cn1c2ccncc2c2ccc(-c3ccc(O[C@H]4C[C@H](OC5CCN(c6nccc(C#CCOc7ccc8c(c7)C(=O)N(C7CCC(=O)NC7=O)C8=O)n6)CC5)C4)nc3)cc21. The molecule has 7 heterocycles. The number of carbonyl (C=O) groups excluding carboxylic acids is 4. The number of nitrogens with zero attached hydrogens (tertiary/aromatic N) is 7. The van der Waals surface area contributed by atoms with E-state index in [1.807, 2.05) is 30.7 Å². The molecule has 3 aliphatic heterocycles. The summed E-state index contributed by atoms with van der Waals surface area (Å²) in [6.07, 6.45) is 11.2. The van der Waals surface area contributed by atoms with Gasteiger partial charge in [0.05, 0.1) is 28.9 Å². The van der Waals surface area contributed by atoms with Gasteiger partial charge in [-0.2, -0.15) is 0 Å². The van der Waals surface area contributed by atoms with Crippen LogP contribution in [0.5, 0.6) is 11.6 Å². The van der Waals surface area contributed by atoms with Gasteiger partial charge in [0.25, 0.3) is 11.8 Å². The largest absolute Gasteiger partial charge is 0.481 e. The van der Waals surface area contributed by atoms with Crippen LogP contribution in [0.1, 0.15) is 64.9 Å². The average Bonchev–Trinajstić information content (AvgIpc) is 3.69. The first-order valence-corrected chi connectivity index (χ1v) is 20.4. The second-order valence-corrected chi connectivity index (χ2v) is 15.7. The average molecular weight is 817 g/mol. The van der Waals surface area contributed by atoms with E-state index in [-0.39, 0.29) is 48.9 Å². The summed E-state index contributed by atoms with van der Waals surface area (Å²) in [4.78, 5) is 71.1. The van der Waals surface area contributed by atoms with Gasteiger partial charge in [0.2, 0.25) is 23.6 Å². The minimum Gasteiger partial charge on any atom is -0.481 e. The van der Waals surface area contributed by atoms with Gasteiger partial charge in [-0.05, 0) is 73.2 Å². The molecule has 10 rings (SSSR count). The Morgan fingerprint density at radius 1 is 0.787 bits per heavy atom. The maximum absolute atomic E-state index is 13.1. The Morgan fingerprint density at radius 3 is 2.44 bits per heavy atom. The molecule has 0 spiro atoms. The quantitative estimate of drug-likeness (QED) is 0.153. The number of aryl methyl sites for hydroxylation is 1. The van der Waals surface area contributed by atoms with Gasteiger partial charge in [0, 0.05) is 92.1 Å². The lowest BCUT2D eigenvalue weighted by Crippen LogP contribution is -2.54. The molecule has 306 valence electrons. The zero-order valence-corrected chi connectivity index (χ0v) is 33.2. The first-order chi connectivity index (χ1) is 29.8. The number of hydrogen-bond donors (Lipinski definition) is 1. The van der Waals surface area contributed by atoms with Crippen LogP contribution < -0.4 is 19.7 Å². The molecule has 0 bridgehead atoms. The molecule has 1 N–H and O–H groups in total. The minimum absolute atomic E-state index is 0.0122. The predicted molar refractivity (Wildman–Crippen MR) is 223 cm³/mol. The molecule has 1 aliphatic carbocycles. The van der Waals surface area contributed by atoms with E-state index in [0.717, 1.165) is 71.2 Å². The predicted octanol–water partition coefficient (Wildman–Crippen LogP) is 5.01. The highest BCUT2D eigenvalue weighted by Crippen LogP contribution is 2.34. The monoisotopic (exact) mass is 816 g/mol. The van der Waals surface area contributed by atoms with Crippen molar-refractivity contribution in [1.29, 1.82) is 0 Å². The number of piperidine rings is 2. The Hall–Kier alpha value is -7.18. The fourth-order valence-corrected chi connectivity index (χ4v) is 8.57. The molecule has 0 radical (unpaired) electrons. The fraction of sp³-hybridized carbons (Fsp3) is 0.304. The van der Waals surface area contributed by atoms with Crippen LogP contribution in [0.15, 0.2) is 85.5 Å². The summed E-state index contributed by atoms with van der Waals surface area (Å²) in [5, 5.41) is 4.53. The molecule has 4 aromatic heterocycles. The van der Waals surface area contributed by atoms with E-state index in [0.29, 0.717) is 23.3 Å². The zero-order chi connectivity index (χ0) is 41.6. The molecule has 4 aliphatic rings. The Morgan fingerprint density at radius 2 is 1.62 bits per heavy atom. The third-order valence-corrected chi connectivity index (χ3v) is 11.9. The lowest BCUT2D eigenvalue weighted by Gasteiger charge is -2.39. The van der Waals surface area contributed by atoms with Gasteiger partial charge in [-0.15, -0.1) is 0 Å². The topological polar surface area (TPSA) is 171 Å². The maximum atomic E-state index is 13.1. The lowest BCUT2D eigenvalue weighted by atomic mass is 9.91. The van der Waals surface area contributed by atoms with Crippen LogP contribution in [0.2, 0.25) is 0 Å². The number of ether oxygens (including phenoxy) is 3. The van der Waals surface area contributed by atoms with Crippen molar-refractivity contribution in [3.8, 4) is 34.6 Å². The molecule has 2 saturated heterocycles. The molecule has 15 heteroatoms. The van der Waals surface area contributed by atoms with Crippen LogP contribution >= 0.6 is 0 Å². The highest BCUT2D eigenvalue weighted by molar-refractivity contribution is 6.23. The van der Waals surface area contributed by atoms with E-state index in [4.69, 9.17) is 14.2 Å². The second-order valence-electron chi connectivity index (χ2n) is 15.7. The van der Waals surface area contributed by atoms with Gasteiger partial charge in [-0.1, -0.05) is 18.1 Å². The first kappa shape index (κ1) is 38.0. The Balaban J connectivity index is 0.666. The number of hydrogen-bond acceptors (Lipinski definition) is 12. The minimum atomic E-state index is -1.03. The van der Waals surface area contributed by atoms with Gasteiger partial charge in [0.1, 0.15) is 30.2 Å². The van der Waals surface area contributed by atoms with Crippen molar-refractivity contribution in [2.45, 2.75) is 62.9 Å². The molecular formula is C46H40N8O7. The Bertz CT molecular complexity index is 2800. The van der Waals surface area contributed by atoms with Crippen molar-refractivity contribution < 1.29 is 33.4 Å². The maximum Gasteiger partial charge on any atom is 0.262 e. The molecule has 1 atom stereocenters. The summed E-state index contributed by atoms with van der Waals surface area (Å²) in [6.45, 7) is 1.54. The standard InChI is InChI=1S/C46H40N8O7/c1-52-38-13-16-47-26-37(38)34-7-4-27(21-40(34)52)28-5-11-42(49-25-28)61-33-22-32(23-33)60-30-14-18-53(19-15-30)46-48-17-12-29(50-46)3-2-20-59-31-6-8-35-36(24-31)45(58)54(44(35)57)39-9-10-41(55)51-43(39)56/h4-8,11-13,16-17,21,24-26,30,32-33,39H,9-10,14-15,18-20,22-23H2,1H3,(H,51,55,56)/t32-,33-,39?. The van der Waals surface area contributed by atoms with Crippen molar-refractivity contribution in [2.75, 3.05) is 24.6 Å². The van der Waals surface area contributed by atoms with Gasteiger partial charge in [0.15, 0.2) is 0 Å². The van der Waals surface area contributed by atoms with Gasteiger partial charge < -0.3 is 23.7 Å². The summed E-state index contributed by atoms with van der Waals surface area (Å²) in [5.74, 6) is 5.30. The van der Waals surface area contributed by atoms with Crippen LogP contribution in [0, 0.1) is 11.8 Å². The zero-order valence-electron chi connectivity index (χ0n) is 33.2. The first-order valence-electron chi connectivity index (χ1n) is 20.4. The van der Waals surface area contributed by atoms with Crippen molar-refractivity contribution in [2.24, 2.45) is 7.05 Å². The molecule has 2 aromatic carbocycles. The van der Waals surface area contributed by atoms with Gasteiger partial charge >= 0.3 is 0 Å². The second kappa shape index (κ2) is 15.8. The number of rotatable bonds is 9. The smallest absolute Gasteiger partial charge is 0.262 e. The highest BCUT2D eigenvalue weighted by Gasteiger charge is 2.44. The summed E-state index contributed by atoms with van der Waals surface area (Å²) >= 11 is 0. The van der Waals surface area contributed by atoms with E-state index in [1.165, 1.54) is 17.5 Å². The number of carbonyl (C=O) groups is 4. The van der Waals surface area contributed by atoms with Crippen molar-refractivity contribution >= 4 is 51.4 Å². The number of pyridine rings is 2. The molecule has 61 heavy (non-hydrogen) atoms. The van der Waals surface area contributed by atoms with Gasteiger partial charge in [-0.3, -0.25) is 34.4 Å². The number of aromatic nitrogens is 5. The molecular weight excluding hydrogens is 777 g/mol. The van der Waals surface area contributed by atoms with Crippen molar-refractivity contribution in [3.63, 3.8) is 0 Å². The lowest BCUT2D eigenvalue weighted by molar-refractivity contribution is -0.136. The highest BCUT2D eigenvalue weighted by atomic mass is 16.5. The summed E-state index contributed by atoms with van der Waals surface area (Å²) in [5.41, 5.74) is 5.31. The third-order valence-electron chi connectivity index (χ3n) is 11.9. The van der Waals surface area contributed by atoms with E-state index in [2.05, 4.69) is 77.9 Å². The van der Waals surface area contributed by atoms with Crippen LogP contribution in [0.4, 0.5) is 5.95 Å².